The molecule has 100 valence electrons. The molecule has 0 aliphatic heterocycles. The second-order valence-electron chi connectivity index (χ2n) is 3.83. The summed E-state index contributed by atoms with van der Waals surface area (Å²) in [7, 11) is 0. The van der Waals surface area contributed by atoms with Gasteiger partial charge in [-0.3, -0.25) is 0 Å². The molecular formula is C13H11Cl2N3S-2. The summed E-state index contributed by atoms with van der Waals surface area (Å²) in [6, 6.07) is 13.5. The first-order chi connectivity index (χ1) is 8.24. The second kappa shape index (κ2) is 6.10. The van der Waals surface area contributed by atoms with Gasteiger partial charge in [0.2, 0.25) is 0 Å². The van der Waals surface area contributed by atoms with Crippen molar-refractivity contribution >= 4 is 32.9 Å². The van der Waals surface area contributed by atoms with Crippen LogP contribution in [0.4, 0.5) is 11.4 Å². The highest BCUT2D eigenvalue weighted by atomic mass is 35.5. The van der Waals surface area contributed by atoms with E-state index < -0.39 is 0 Å². The van der Waals surface area contributed by atoms with Gasteiger partial charge in [0, 0.05) is 16.9 Å². The van der Waals surface area contributed by atoms with Gasteiger partial charge in [0.05, 0.1) is 10.2 Å². The zero-order valence-corrected chi connectivity index (χ0v) is 12.1. The van der Waals surface area contributed by atoms with Gasteiger partial charge in [-0.2, -0.15) is 0 Å². The molecule has 1 heterocycles. The Morgan fingerprint density at radius 1 is 0.947 bits per heavy atom. The van der Waals surface area contributed by atoms with E-state index in [0.717, 1.165) is 20.8 Å². The van der Waals surface area contributed by atoms with Gasteiger partial charge in [0.15, 0.2) is 0 Å². The molecule has 0 radical (unpaired) electrons. The Bertz CT molecular complexity index is 664. The van der Waals surface area contributed by atoms with Gasteiger partial charge in [-0.15, -0.1) is 11.3 Å². The van der Waals surface area contributed by atoms with Crippen molar-refractivity contribution in [3.63, 3.8) is 0 Å². The maximum Gasteiger partial charge on any atom is 0.126 e. The van der Waals surface area contributed by atoms with Crippen LogP contribution >= 0.6 is 11.3 Å². The number of aromatic nitrogens is 1. The van der Waals surface area contributed by atoms with Crippen LogP contribution in [0, 0.1) is 0 Å². The highest BCUT2D eigenvalue weighted by Crippen LogP contribution is 2.34. The number of nitrogens with two attached hydrogens (primary N) is 2. The Morgan fingerprint density at radius 2 is 1.68 bits per heavy atom. The highest BCUT2D eigenvalue weighted by Gasteiger charge is 2.09. The number of hydrogen-bond acceptors (Lipinski definition) is 4. The van der Waals surface area contributed by atoms with E-state index in [9.17, 15) is 0 Å². The van der Waals surface area contributed by atoms with E-state index in [4.69, 9.17) is 11.5 Å². The fourth-order valence-corrected chi connectivity index (χ4v) is 2.75. The topological polar surface area (TPSA) is 64.9 Å². The van der Waals surface area contributed by atoms with Crippen LogP contribution in [0.25, 0.3) is 20.8 Å². The molecule has 2 aromatic carbocycles. The van der Waals surface area contributed by atoms with Gasteiger partial charge in [-0.1, -0.05) is 12.1 Å². The molecule has 0 bridgehead atoms. The molecule has 3 aromatic rings. The Balaban J connectivity index is 0.000000902. The minimum absolute atomic E-state index is 0. The maximum atomic E-state index is 5.95. The molecular weight excluding hydrogens is 301 g/mol. The predicted molar refractivity (Wildman–Crippen MR) is 73.9 cm³/mol. The average molecular weight is 312 g/mol. The summed E-state index contributed by atoms with van der Waals surface area (Å²) in [4.78, 5) is 4.57. The SMILES string of the molecule is Nc1ccc(N)c(-c2nc3ccccc3s2)c1.[Cl-].[Cl-]. The lowest BCUT2D eigenvalue weighted by atomic mass is 10.1. The monoisotopic (exact) mass is 311 g/mol. The fourth-order valence-electron chi connectivity index (χ4n) is 1.75. The van der Waals surface area contributed by atoms with Gasteiger partial charge >= 0.3 is 0 Å². The third-order valence-electron chi connectivity index (χ3n) is 2.60. The molecule has 1 aromatic heterocycles. The lowest BCUT2D eigenvalue weighted by Gasteiger charge is -2.02. The first-order valence-corrected chi connectivity index (χ1v) is 6.06. The second-order valence-corrected chi connectivity index (χ2v) is 4.86. The molecule has 0 saturated heterocycles. The zero-order valence-electron chi connectivity index (χ0n) is 9.81. The number of thiazole rings is 1. The molecule has 0 amide bonds. The Kier molecular flexibility index (Phi) is 5.00. The van der Waals surface area contributed by atoms with Crippen molar-refractivity contribution in [2.24, 2.45) is 0 Å². The van der Waals surface area contributed by atoms with Crippen molar-refractivity contribution in [3.8, 4) is 10.6 Å². The van der Waals surface area contributed by atoms with Crippen molar-refractivity contribution in [2.75, 3.05) is 11.5 Å². The standard InChI is InChI=1S/C13H11N3S.2ClH/c14-8-5-6-10(15)9(7-8)13-16-11-3-1-2-4-12(11)17-13;;/h1-7H,14-15H2;2*1H/p-2. The van der Waals surface area contributed by atoms with Crippen LogP contribution < -0.4 is 36.3 Å². The normalized spacial score (nSPS) is 9.68. The molecule has 3 nitrogen and oxygen atoms in total. The van der Waals surface area contributed by atoms with Crippen LogP contribution in [-0.4, -0.2) is 4.98 Å². The molecule has 0 spiro atoms. The molecule has 0 fully saturated rings. The number of nitrogens with zero attached hydrogens (tertiary/aromatic N) is 1. The molecule has 0 atom stereocenters. The summed E-state index contributed by atoms with van der Waals surface area (Å²) < 4.78 is 1.16. The number of halogens is 2. The van der Waals surface area contributed by atoms with Crippen LogP contribution in [0.2, 0.25) is 0 Å². The summed E-state index contributed by atoms with van der Waals surface area (Å²) in [6.45, 7) is 0. The van der Waals surface area contributed by atoms with Crippen molar-refractivity contribution in [2.45, 2.75) is 0 Å². The van der Waals surface area contributed by atoms with E-state index in [-0.39, 0.29) is 24.8 Å². The minimum Gasteiger partial charge on any atom is -1.00 e. The molecule has 0 aliphatic rings. The molecule has 19 heavy (non-hydrogen) atoms. The van der Waals surface area contributed by atoms with Crippen LogP contribution in [0.15, 0.2) is 42.5 Å². The summed E-state index contributed by atoms with van der Waals surface area (Å²) in [5.74, 6) is 0. The number of nitrogen functional groups attached to an aromatic ring is 2. The Hall–Kier alpha value is -1.49. The number of hydrogen-bond donors (Lipinski definition) is 2. The maximum absolute atomic E-state index is 5.95. The lowest BCUT2D eigenvalue weighted by molar-refractivity contribution is -0.001000. The minimum atomic E-state index is 0. The third-order valence-corrected chi connectivity index (χ3v) is 3.67. The van der Waals surface area contributed by atoms with E-state index in [2.05, 4.69) is 11.1 Å². The zero-order chi connectivity index (χ0) is 11.8. The quantitative estimate of drug-likeness (QED) is 0.475. The lowest BCUT2D eigenvalue weighted by Crippen LogP contribution is -3.00. The summed E-state index contributed by atoms with van der Waals surface area (Å²) >= 11 is 1.63. The van der Waals surface area contributed by atoms with Gasteiger partial charge in [0.25, 0.3) is 0 Å². The number of rotatable bonds is 1. The van der Waals surface area contributed by atoms with Crippen LogP contribution in [-0.2, 0) is 0 Å². The molecule has 0 aliphatic carbocycles. The average Bonchev–Trinajstić information content (AvgIpc) is 2.75. The van der Waals surface area contributed by atoms with Crippen molar-refractivity contribution in [3.05, 3.63) is 42.5 Å². The number of benzene rings is 2. The van der Waals surface area contributed by atoms with Gasteiger partial charge in [-0.25, -0.2) is 4.98 Å². The highest BCUT2D eigenvalue weighted by molar-refractivity contribution is 7.21. The van der Waals surface area contributed by atoms with Gasteiger partial charge in [-0.05, 0) is 30.3 Å². The van der Waals surface area contributed by atoms with Gasteiger partial charge in [0.1, 0.15) is 5.01 Å². The molecule has 6 heteroatoms. The summed E-state index contributed by atoms with van der Waals surface area (Å²) in [5, 5.41) is 0.913. The fraction of sp³-hybridized carbons (Fsp3) is 0. The van der Waals surface area contributed by atoms with E-state index in [1.165, 1.54) is 0 Å². The molecule has 4 N–H and O–H groups in total. The molecule has 0 saturated carbocycles. The van der Waals surface area contributed by atoms with Crippen LogP contribution in [0.5, 0.6) is 0 Å². The summed E-state index contributed by atoms with van der Waals surface area (Å²) in [6.07, 6.45) is 0. The van der Waals surface area contributed by atoms with Crippen LogP contribution in [0.1, 0.15) is 0 Å². The predicted octanol–water partition coefficient (Wildman–Crippen LogP) is -2.86. The number of fused-ring (bicyclic) bond motifs is 1. The van der Waals surface area contributed by atoms with E-state index in [1.54, 1.807) is 17.4 Å². The Labute approximate surface area is 127 Å². The number of anilines is 2. The van der Waals surface area contributed by atoms with Crippen molar-refractivity contribution < 1.29 is 24.8 Å². The largest absolute Gasteiger partial charge is 1.00 e. The van der Waals surface area contributed by atoms with Crippen molar-refractivity contribution in [1.29, 1.82) is 0 Å². The van der Waals surface area contributed by atoms with E-state index >= 15 is 0 Å². The smallest absolute Gasteiger partial charge is 0.126 e. The van der Waals surface area contributed by atoms with Gasteiger partial charge < -0.3 is 36.3 Å². The molecule has 0 unspecified atom stereocenters. The number of para-hydroxylation sites is 1. The van der Waals surface area contributed by atoms with Crippen molar-refractivity contribution in [1.82, 2.24) is 4.98 Å². The first kappa shape index (κ1) is 15.6. The summed E-state index contributed by atoms with van der Waals surface area (Å²) in [5.41, 5.74) is 15.0. The molecule has 3 rings (SSSR count). The Morgan fingerprint density at radius 3 is 2.42 bits per heavy atom. The van der Waals surface area contributed by atoms with E-state index in [1.807, 2.05) is 30.3 Å². The third kappa shape index (κ3) is 2.92. The van der Waals surface area contributed by atoms with E-state index in [0.29, 0.717) is 11.4 Å². The van der Waals surface area contributed by atoms with Crippen LogP contribution in [0.3, 0.4) is 0 Å². The first-order valence-electron chi connectivity index (χ1n) is 5.25.